The molecular weight excluding hydrogens is 270 g/mol. The number of nitrogens with zero attached hydrogens (tertiary/aromatic N) is 2. The van der Waals surface area contributed by atoms with Crippen molar-refractivity contribution in [3.8, 4) is 0 Å². The molecule has 0 bridgehead atoms. The Hall–Kier alpha value is -1.59. The fourth-order valence-corrected chi connectivity index (χ4v) is 2.66. The lowest BCUT2D eigenvalue weighted by Gasteiger charge is -2.37. The van der Waals surface area contributed by atoms with Gasteiger partial charge >= 0.3 is 0 Å². The van der Waals surface area contributed by atoms with Gasteiger partial charge in [0, 0.05) is 39.0 Å². The first-order chi connectivity index (χ1) is 9.90. The Bertz CT molecular complexity index is 424. The van der Waals surface area contributed by atoms with Crippen molar-refractivity contribution in [2.75, 3.05) is 26.2 Å². The molecule has 3 amide bonds. The first-order valence-corrected chi connectivity index (χ1v) is 7.75. The minimum Gasteiger partial charge on any atom is -0.344 e. The molecule has 0 aromatic rings. The van der Waals surface area contributed by atoms with Gasteiger partial charge in [0.2, 0.25) is 17.7 Å². The van der Waals surface area contributed by atoms with Crippen molar-refractivity contribution in [1.82, 2.24) is 15.1 Å². The summed E-state index contributed by atoms with van der Waals surface area (Å²) in [5, 5.41) is 2.73. The van der Waals surface area contributed by atoms with E-state index in [2.05, 4.69) is 5.32 Å². The zero-order valence-electron chi connectivity index (χ0n) is 13.1. The molecule has 0 aromatic carbocycles. The largest absolute Gasteiger partial charge is 0.344 e. The predicted molar refractivity (Wildman–Crippen MR) is 78.3 cm³/mol. The molecule has 2 rings (SSSR count). The van der Waals surface area contributed by atoms with Crippen LogP contribution in [-0.4, -0.2) is 59.7 Å². The van der Waals surface area contributed by atoms with E-state index < -0.39 is 6.04 Å². The van der Waals surface area contributed by atoms with Crippen LogP contribution in [0.3, 0.4) is 0 Å². The van der Waals surface area contributed by atoms with E-state index in [1.165, 1.54) is 6.92 Å². The molecule has 1 aliphatic heterocycles. The average molecular weight is 295 g/mol. The molecule has 2 aliphatic rings. The van der Waals surface area contributed by atoms with Gasteiger partial charge in [-0.2, -0.15) is 0 Å². The minimum absolute atomic E-state index is 0.0429. The van der Waals surface area contributed by atoms with Crippen LogP contribution < -0.4 is 5.32 Å². The van der Waals surface area contributed by atoms with Crippen LogP contribution in [0.15, 0.2) is 0 Å². The van der Waals surface area contributed by atoms with Crippen LogP contribution in [0.5, 0.6) is 0 Å². The summed E-state index contributed by atoms with van der Waals surface area (Å²) >= 11 is 0. The summed E-state index contributed by atoms with van der Waals surface area (Å²) in [5.74, 6) is 0.287. The van der Waals surface area contributed by atoms with Crippen LogP contribution in [0.4, 0.5) is 0 Å². The van der Waals surface area contributed by atoms with E-state index in [0.29, 0.717) is 26.2 Å². The summed E-state index contributed by atoms with van der Waals surface area (Å²) < 4.78 is 0. The normalized spacial score (nSPS) is 20.4. The summed E-state index contributed by atoms with van der Waals surface area (Å²) in [6.07, 6.45) is 2.02. The number of carbonyl (C=O) groups is 3. The van der Waals surface area contributed by atoms with Gasteiger partial charge in [0.05, 0.1) is 0 Å². The molecule has 6 nitrogen and oxygen atoms in total. The number of amides is 3. The number of nitrogens with one attached hydrogen (secondary N) is 1. The Morgan fingerprint density at radius 2 is 1.52 bits per heavy atom. The highest BCUT2D eigenvalue weighted by Crippen LogP contribution is 2.31. The van der Waals surface area contributed by atoms with E-state index in [-0.39, 0.29) is 29.6 Å². The Labute approximate surface area is 125 Å². The van der Waals surface area contributed by atoms with Crippen molar-refractivity contribution in [2.45, 2.75) is 39.7 Å². The summed E-state index contributed by atoms with van der Waals surface area (Å²) in [6.45, 7) is 7.59. The van der Waals surface area contributed by atoms with Crippen molar-refractivity contribution < 1.29 is 14.4 Å². The van der Waals surface area contributed by atoms with Gasteiger partial charge in [0.1, 0.15) is 6.04 Å². The summed E-state index contributed by atoms with van der Waals surface area (Å²) in [5.41, 5.74) is 0. The Balaban J connectivity index is 1.88. The first-order valence-electron chi connectivity index (χ1n) is 7.75. The highest BCUT2D eigenvalue weighted by atomic mass is 16.2. The molecular formula is C15H25N3O3. The number of hydrogen-bond acceptors (Lipinski definition) is 3. The van der Waals surface area contributed by atoms with Crippen molar-refractivity contribution in [3.63, 3.8) is 0 Å². The van der Waals surface area contributed by atoms with E-state index in [0.717, 1.165) is 12.8 Å². The minimum atomic E-state index is -0.479. The molecule has 118 valence electrons. The maximum absolute atomic E-state index is 12.5. The lowest BCUT2D eigenvalue weighted by Crippen LogP contribution is -2.57. The highest BCUT2D eigenvalue weighted by Gasteiger charge is 2.36. The molecule has 0 radical (unpaired) electrons. The Morgan fingerprint density at radius 3 is 1.95 bits per heavy atom. The fourth-order valence-electron chi connectivity index (χ4n) is 2.66. The number of rotatable bonds is 4. The molecule has 0 spiro atoms. The molecule has 0 aromatic heterocycles. The number of piperazine rings is 1. The third-order valence-electron chi connectivity index (χ3n) is 4.12. The van der Waals surface area contributed by atoms with Gasteiger partial charge in [0.15, 0.2) is 0 Å². The molecule has 1 heterocycles. The zero-order chi connectivity index (χ0) is 15.6. The smallest absolute Gasteiger partial charge is 0.245 e. The molecule has 1 saturated heterocycles. The van der Waals surface area contributed by atoms with E-state index >= 15 is 0 Å². The second-order valence-electron chi connectivity index (χ2n) is 6.35. The van der Waals surface area contributed by atoms with Crippen molar-refractivity contribution in [3.05, 3.63) is 0 Å². The van der Waals surface area contributed by atoms with E-state index in [4.69, 9.17) is 0 Å². The molecule has 1 aliphatic carbocycles. The van der Waals surface area contributed by atoms with Gasteiger partial charge in [-0.15, -0.1) is 0 Å². The second kappa shape index (κ2) is 6.45. The SMILES string of the molecule is CC(=O)N[C@H](C(=O)N1CCN(C(=O)C2CC2)CC1)C(C)C. The number of carbonyl (C=O) groups excluding carboxylic acids is 3. The van der Waals surface area contributed by atoms with Crippen LogP contribution in [0.2, 0.25) is 0 Å². The van der Waals surface area contributed by atoms with Crippen molar-refractivity contribution in [1.29, 1.82) is 0 Å². The van der Waals surface area contributed by atoms with Crippen molar-refractivity contribution >= 4 is 17.7 Å². The van der Waals surface area contributed by atoms with Crippen LogP contribution in [0.1, 0.15) is 33.6 Å². The third kappa shape index (κ3) is 3.95. The maximum atomic E-state index is 12.5. The highest BCUT2D eigenvalue weighted by molar-refractivity contribution is 5.87. The molecule has 1 N–H and O–H groups in total. The monoisotopic (exact) mass is 295 g/mol. The van der Waals surface area contributed by atoms with Crippen LogP contribution >= 0.6 is 0 Å². The van der Waals surface area contributed by atoms with Gasteiger partial charge in [-0.25, -0.2) is 0 Å². The van der Waals surface area contributed by atoms with Crippen LogP contribution in [-0.2, 0) is 14.4 Å². The lowest BCUT2D eigenvalue weighted by molar-refractivity contribution is -0.143. The Kier molecular flexibility index (Phi) is 4.85. The Morgan fingerprint density at radius 1 is 1.00 bits per heavy atom. The standard InChI is InChI=1S/C15H25N3O3/c1-10(2)13(16-11(3)19)15(21)18-8-6-17(7-9-18)14(20)12-4-5-12/h10,12-13H,4-9H2,1-3H3,(H,16,19)/t13-/m0/s1. The van der Waals surface area contributed by atoms with Gasteiger partial charge in [0.25, 0.3) is 0 Å². The van der Waals surface area contributed by atoms with Gasteiger partial charge in [-0.3, -0.25) is 14.4 Å². The van der Waals surface area contributed by atoms with E-state index in [1.807, 2.05) is 18.7 Å². The zero-order valence-corrected chi connectivity index (χ0v) is 13.1. The van der Waals surface area contributed by atoms with E-state index in [1.54, 1.807) is 4.90 Å². The molecule has 1 saturated carbocycles. The molecule has 0 unspecified atom stereocenters. The average Bonchev–Trinajstić information content (AvgIpc) is 3.27. The first kappa shape index (κ1) is 15.8. The summed E-state index contributed by atoms with van der Waals surface area (Å²) in [4.78, 5) is 39.4. The molecule has 21 heavy (non-hydrogen) atoms. The number of hydrogen-bond donors (Lipinski definition) is 1. The molecule has 1 atom stereocenters. The van der Waals surface area contributed by atoms with E-state index in [9.17, 15) is 14.4 Å². The lowest BCUT2D eigenvalue weighted by atomic mass is 10.0. The quantitative estimate of drug-likeness (QED) is 0.807. The van der Waals surface area contributed by atoms with Crippen LogP contribution in [0.25, 0.3) is 0 Å². The van der Waals surface area contributed by atoms with Crippen molar-refractivity contribution in [2.24, 2.45) is 11.8 Å². The molecule has 6 heteroatoms. The summed E-state index contributed by atoms with van der Waals surface area (Å²) in [7, 11) is 0. The third-order valence-corrected chi connectivity index (χ3v) is 4.12. The maximum Gasteiger partial charge on any atom is 0.245 e. The van der Waals surface area contributed by atoms with Gasteiger partial charge < -0.3 is 15.1 Å². The van der Waals surface area contributed by atoms with Gasteiger partial charge in [-0.1, -0.05) is 13.8 Å². The summed E-state index contributed by atoms with van der Waals surface area (Å²) in [6, 6.07) is -0.479. The second-order valence-corrected chi connectivity index (χ2v) is 6.35. The fraction of sp³-hybridized carbons (Fsp3) is 0.800. The topological polar surface area (TPSA) is 69.7 Å². The predicted octanol–water partition coefficient (Wildman–Crippen LogP) is 0.228. The van der Waals surface area contributed by atoms with Crippen LogP contribution in [0, 0.1) is 11.8 Å². The molecule has 2 fully saturated rings. The van der Waals surface area contributed by atoms with Gasteiger partial charge in [-0.05, 0) is 18.8 Å².